The fourth-order valence-corrected chi connectivity index (χ4v) is 1.76. The number of hydrogen-bond donors (Lipinski definition) is 0. The summed E-state index contributed by atoms with van der Waals surface area (Å²) in [5.41, 5.74) is 0.506. The molecule has 5 nitrogen and oxygen atoms in total. The van der Waals surface area contributed by atoms with E-state index in [0.717, 1.165) is 4.90 Å². The summed E-state index contributed by atoms with van der Waals surface area (Å²) < 4.78 is 0. The average molecular weight is 225 g/mol. The third kappa shape index (κ3) is 1.32. The third-order valence-corrected chi connectivity index (χ3v) is 2.53. The van der Waals surface area contributed by atoms with Crippen LogP contribution in [0.3, 0.4) is 0 Å². The van der Waals surface area contributed by atoms with Crippen LogP contribution in [-0.2, 0) is 0 Å². The molecule has 0 saturated heterocycles. The number of carbonyl (C=O) groups is 2. The summed E-state index contributed by atoms with van der Waals surface area (Å²) >= 11 is 0. The van der Waals surface area contributed by atoms with E-state index in [0.29, 0.717) is 11.4 Å². The molecular weight excluding hydrogens is 218 g/mol. The number of pyridine rings is 2. The minimum atomic E-state index is -0.427. The number of carbonyl (C=O) groups excluding carboxylic acids is 2. The van der Waals surface area contributed by atoms with Crippen LogP contribution in [0.1, 0.15) is 20.8 Å². The molecule has 0 fully saturated rings. The maximum atomic E-state index is 12.0. The molecule has 0 spiro atoms. The van der Waals surface area contributed by atoms with Crippen LogP contribution in [0.5, 0.6) is 0 Å². The van der Waals surface area contributed by atoms with Gasteiger partial charge in [-0.25, -0.2) is 9.88 Å². The van der Waals surface area contributed by atoms with Gasteiger partial charge in [-0.15, -0.1) is 0 Å². The SMILES string of the molecule is O=C1c2cccnc2C(=O)N1c1ccccn1. The topological polar surface area (TPSA) is 63.2 Å². The summed E-state index contributed by atoms with van der Waals surface area (Å²) in [6.45, 7) is 0. The summed E-state index contributed by atoms with van der Waals surface area (Å²) in [6.07, 6.45) is 3.03. The van der Waals surface area contributed by atoms with Gasteiger partial charge in [0.1, 0.15) is 11.5 Å². The van der Waals surface area contributed by atoms with E-state index in [2.05, 4.69) is 9.97 Å². The lowest BCUT2D eigenvalue weighted by Crippen LogP contribution is -2.30. The molecule has 0 atom stereocenters. The van der Waals surface area contributed by atoms with Gasteiger partial charge in [0.05, 0.1) is 5.56 Å². The van der Waals surface area contributed by atoms with Crippen molar-refractivity contribution in [3.63, 3.8) is 0 Å². The van der Waals surface area contributed by atoms with Gasteiger partial charge in [-0.3, -0.25) is 14.6 Å². The second kappa shape index (κ2) is 3.48. The number of nitrogens with zero attached hydrogens (tertiary/aromatic N) is 3. The molecule has 2 aromatic heterocycles. The number of aromatic nitrogens is 2. The van der Waals surface area contributed by atoms with Gasteiger partial charge in [0.2, 0.25) is 0 Å². The van der Waals surface area contributed by atoms with Crippen LogP contribution >= 0.6 is 0 Å². The molecule has 17 heavy (non-hydrogen) atoms. The Bertz CT molecular complexity index is 575. The Kier molecular flexibility index (Phi) is 1.98. The Labute approximate surface area is 96.7 Å². The Balaban J connectivity index is 2.13. The lowest BCUT2D eigenvalue weighted by Gasteiger charge is -2.11. The minimum Gasteiger partial charge on any atom is -0.268 e. The maximum absolute atomic E-state index is 12.0. The molecule has 3 rings (SSSR count). The van der Waals surface area contributed by atoms with Crippen molar-refractivity contribution in [3.05, 3.63) is 54.0 Å². The van der Waals surface area contributed by atoms with Gasteiger partial charge in [-0.05, 0) is 24.3 Å². The molecule has 0 aliphatic carbocycles. The second-order valence-electron chi connectivity index (χ2n) is 3.53. The molecule has 3 heterocycles. The number of amides is 2. The van der Waals surface area contributed by atoms with Gasteiger partial charge in [-0.1, -0.05) is 6.07 Å². The first-order valence-electron chi connectivity index (χ1n) is 5.04. The summed E-state index contributed by atoms with van der Waals surface area (Å²) in [5, 5.41) is 0. The number of hydrogen-bond acceptors (Lipinski definition) is 4. The van der Waals surface area contributed by atoms with Crippen molar-refractivity contribution in [2.24, 2.45) is 0 Å². The van der Waals surface area contributed by atoms with Crippen LogP contribution in [0.4, 0.5) is 5.82 Å². The van der Waals surface area contributed by atoms with Gasteiger partial charge < -0.3 is 0 Å². The number of rotatable bonds is 1. The van der Waals surface area contributed by atoms with Gasteiger partial charge in [-0.2, -0.15) is 0 Å². The van der Waals surface area contributed by atoms with Crippen molar-refractivity contribution in [3.8, 4) is 0 Å². The van der Waals surface area contributed by atoms with Crippen LogP contribution in [-0.4, -0.2) is 21.8 Å². The summed E-state index contributed by atoms with van der Waals surface area (Å²) in [4.78, 5) is 33.0. The van der Waals surface area contributed by atoms with E-state index >= 15 is 0 Å². The van der Waals surface area contributed by atoms with Gasteiger partial charge in [0.15, 0.2) is 0 Å². The highest BCUT2D eigenvalue weighted by Crippen LogP contribution is 2.24. The van der Waals surface area contributed by atoms with Gasteiger partial charge in [0.25, 0.3) is 11.8 Å². The van der Waals surface area contributed by atoms with E-state index in [9.17, 15) is 9.59 Å². The number of imide groups is 1. The summed E-state index contributed by atoms with van der Waals surface area (Å²) in [6, 6.07) is 8.28. The third-order valence-electron chi connectivity index (χ3n) is 2.53. The molecule has 2 amide bonds. The zero-order chi connectivity index (χ0) is 11.8. The molecule has 0 saturated carbocycles. The predicted molar refractivity (Wildman–Crippen MR) is 59.6 cm³/mol. The minimum absolute atomic E-state index is 0.183. The van der Waals surface area contributed by atoms with Crippen molar-refractivity contribution in [2.75, 3.05) is 4.90 Å². The van der Waals surface area contributed by atoms with E-state index in [-0.39, 0.29) is 11.6 Å². The van der Waals surface area contributed by atoms with Crippen molar-refractivity contribution >= 4 is 17.6 Å². The molecule has 0 aromatic carbocycles. The molecule has 82 valence electrons. The molecule has 0 N–H and O–H groups in total. The number of anilines is 1. The molecule has 0 unspecified atom stereocenters. The van der Waals surface area contributed by atoms with E-state index in [1.54, 1.807) is 30.3 Å². The van der Waals surface area contributed by atoms with Crippen LogP contribution < -0.4 is 4.90 Å². The zero-order valence-corrected chi connectivity index (χ0v) is 8.70. The van der Waals surface area contributed by atoms with Crippen molar-refractivity contribution in [1.82, 2.24) is 9.97 Å². The Hall–Kier alpha value is -2.56. The quantitative estimate of drug-likeness (QED) is 0.686. The monoisotopic (exact) mass is 225 g/mol. The molecule has 0 radical (unpaired) electrons. The first-order valence-corrected chi connectivity index (χ1v) is 5.04. The van der Waals surface area contributed by atoms with E-state index in [4.69, 9.17) is 0 Å². The van der Waals surface area contributed by atoms with Crippen LogP contribution in [0.2, 0.25) is 0 Å². The van der Waals surface area contributed by atoms with Gasteiger partial charge >= 0.3 is 0 Å². The lowest BCUT2D eigenvalue weighted by molar-refractivity contribution is 0.0923. The fraction of sp³-hybridized carbons (Fsp3) is 0. The van der Waals surface area contributed by atoms with Crippen LogP contribution in [0.25, 0.3) is 0 Å². The van der Waals surface area contributed by atoms with Crippen molar-refractivity contribution in [1.29, 1.82) is 0 Å². The predicted octanol–water partition coefficient (Wildman–Crippen LogP) is 1.28. The molecule has 2 aromatic rings. The van der Waals surface area contributed by atoms with Crippen LogP contribution in [0.15, 0.2) is 42.7 Å². The van der Waals surface area contributed by atoms with E-state index in [1.807, 2.05) is 0 Å². The molecule has 1 aliphatic rings. The normalized spacial score (nSPS) is 14.0. The van der Waals surface area contributed by atoms with Gasteiger partial charge in [0, 0.05) is 12.4 Å². The Morgan fingerprint density at radius 2 is 1.71 bits per heavy atom. The number of fused-ring (bicyclic) bond motifs is 1. The fourth-order valence-electron chi connectivity index (χ4n) is 1.76. The maximum Gasteiger partial charge on any atom is 0.285 e. The lowest BCUT2D eigenvalue weighted by atomic mass is 10.2. The largest absolute Gasteiger partial charge is 0.285 e. The highest BCUT2D eigenvalue weighted by atomic mass is 16.2. The first-order chi connectivity index (χ1) is 8.29. The summed E-state index contributed by atoms with van der Waals surface area (Å²) in [5.74, 6) is -0.485. The Morgan fingerprint density at radius 1 is 0.882 bits per heavy atom. The highest BCUT2D eigenvalue weighted by Gasteiger charge is 2.38. The van der Waals surface area contributed by atoms with E-state index < -0.39 is 5.91 Å². The van der Waals surface area contributed by atoms with Crippen molar-refractivity contribution in [2.45, 2.75) is 0 Å². The van der Waals surface area contributed by atoms with Crippen molar-refractivity contribution < 1.29 is 9.59 Å². The zero-order valence-electron chi connectivity index (χ0n) is 8.70. The molecule has 5 heteroatoms. The highest BCUT2D eigenvalue weighted by molar-refractivity contribution is 6.33. The average Bonchev–Trinajstić information content (AvgIpc) is 2.64. The smallest absolute Gasteiger partial charge is 0.268 e. The van der Waals surface area contributed by atoms with Crippen LogP contribution in [0, 0.1) is 0 Å². The standard InChI is InChI=1S/C12H7N3O2/c16-11-8-4-3-7-14-10(8)12(17)15(11)9-5-1-2-6-13-9/h1-7H. The first kappa shape index (κ1) is 9.65. The molecule has 0 bridgehead atoms. The second-order valence-corrected chi connectivity index (χ2v) is 3.53. The summed E-state index contributed by atoms with van der Waals surface area (Å²) in [7, 11) is 0. The molecule has 1 aliphatic heterocycles. The van der Waals surface area contributed by atoms with E-state index in [1.165, 1.54) is 12.4 Å². The Morgan fingerprint density at radius 3 is 2.41 bits per heavy atom. The molecular formula is C12H7N3O2.